The van der Waals surface area contributed by atoms with E-state index in [1.54, 1.807) is 29.2 Å². The van der Waals surface area contributed by atoms with E-state index < -0.39 is 0 Å². The second-order valence-electron chi connectivity index (χ2n) is 7.93. The van der Waals surface area contributed by atoms with Crippen molar-refractivity contribution < 1.29 is 14.4 Å². The minimum Gasteiger partial charge on any atom is -0.368 e. The quantitative estimate of drug-likeness (QED) is 0.793. The van der Waals surface area contributed by atoms with E-state index in [4.69, 9.17) is 11.6 Å². The molecule has 1 unspecified atom stereocenters. The van der Waals surface area contributed by atoms with Gasteiger partial charge < -0.3 is 20.0 Å². The molecule has 1 N–H and O–H groups in total. The molecule has 0 aliphatic carbocycles. The number of benzene rings is 2. The number of piperazine rings is 1. The molecule has 31 heavy (non-hydrogen) atoms. The van der Waals surface area contributed by atoms with E-state index in [-0.39, 0.29) is 30.1 Å². The van der Waals surface area contributed by atoms with Crippen LogP contribution in [0, 0.1) is 5.92 Å². The van der Waals surface area contributed by atoms with Crippen molar-refractivity contribution in [2.75, 3.05) is 47.8 Å². The molecular formula is C23H25ClN4O3. The fraction of sp³-hybridized carbons (Fsp3) is 0.348. The van der Waals surface area contributed by atoms with Gasteiger partial charge in [-0.25, -0.2) is 0 Å². The molecular weight excluding hydrogens is 416 g/mol. The molecule has 0 radical (unpaired) electrons. The summed E-state index contributed by atoms with van der Waals surface area (Å²) in [4.78, 5) is 42.5. The number of hydrogen-bond acceptors (Lipinski definition) is 4. The summed E-state index contributed by atoms with van der Waals surface area (Å²) in [5.74, 6) is -0.494. The van der Waals surface area contributed by atoms with Crippen molar-refractivity contribution in [3.63, 3.8) is 0 Å². The summed E-state index contributed by atoms with van der Waals surface area (Å²) >= 11 is 6.09. The minimum atomic E-state index is -0.333. The number of rotatable bonds is 4. The summed E-state index contributed by atoms with van der Waals surface area (Å²) in [5.41, 5.74) is 2.47. The van der Waals surface area contributed by atoms with Gasteiger partial charge in [0.05, 0.1) is 5.92 Å². The second-order valence-corrected chi connectivity index (χ2v) is 8.36. The van der Waals surface area contributed by atoms with Gasteiger partial charge >= 0.3 is 0 Å². The van der Waals surface area contributed by atoms with Gasteiger partial charge in [-0.05, 0) is 42.5 Å². The average Bonchev–Trinajstić information content (AvgIpc) is 3.15. The van der Waals surface area contributed by atoms with Crippen LogP contribution in [0.3, 0.4) is 0 Å². The number of nitrogens with one attached hydrogen (secondary N) is 1. The Kier molecular flexibility index (Phi) is 6.13. The highest BCUT2D eigenvalue weighted by atomic mass is 35.5. The summed E-state index contributed by atoms with van der Waals surface area (Å²) in [6.07, 6.45) is 0.223. The first-order valence-corrected chi connectivity index (χ1v) is 10.8. The summed E-state index contributed by atoms with van der Waals surface area (Å²) in [6, 6.07) is 14.8. The van der Waals surface area contributed by atoms with Crippen molar-refractivity contribution in [3.8, 4) is 0 Å². The number of carbonyl (C=O) groups is 3. The molecule has 0 spiro atoms. The number of carbonyl (C=O) groups excluding carboxylic acids is 3. The Morgan fingerprint density at radius 3 is 2.35 bits per heavy atom. The zero-order chi connectivity index (χ0) is 22.0. The molecule has 2 heterocycles. The maximum Gasteiger partial charge on any atom is 0.228 e. The Morgan fingerprint density at radius 2 is 1.71 bits per heavy atom. The first-order chi connectivity index (χ1) is 14.9. The summed E-state index contributed by atoms with van der Waals surface area (Å²) in [5, 5.41) is 3.41. The molecule has 1 atom stereocenters. The lowest BCUT2D eigenvalue weighted by molar-refractivity contribution is -0.136. The van der Waals surface area contributed by atoms with Gasteiger partial charge in [0, 0.05) is 68.2 Å². The highest BCUT2D eigenvalue weighted by molar-refractivity contribution is 6.30. The molecule has 4 rings (SSSR count). The van der Waals surface area contributed by atoms with E-state index in [0.717, 1.165) is 24.5 Å². The number of amides is 3. The molecule has 3 amide bonds. The largest absolute Gasteiger partial charge is 0.368 e. The van der Waals surface area contributed by atoms with Crippen LogP contribution in [0.5, 0.6) is 0 Å². The molecule has 0 saturated carbocycles. The van der Waals surface area contributed by atoms with Crippen LogP contribution in [-0.2, 0) is 14.4 Å². The fourth-order valence-electron chi connectivity index (χ4n) is 4.17. The summed E-state index contributed by atoms with van der Waals surface area (Å²) in [6.45, 7) is 4.56. The van der Waals surface area contributed by atoms with Gasteiger partial charge in [-0.2, -0.15) is 0 Å². The first-order valence-electron chi connectivity index (χ1n) is 10.4. The van der Waals surface area contributed by atoms with E-state index in [9.17, 15) is 14.4 Å². The molecule has 2 aliphatic heterocycles. The lowest BCUT2D eigenvalue weighted by atomic mass is 10.1. The first kappa shape index (κ1) is 21.2. The third kappa shape index (κ3) is 4.82. The Bertz CT molecular complexity index is 987. The van der Waals surface area contributed by atoms with Crippen molar-refractivity contribution in [3.05, 3.63) is 53.6 Å². The number of halogens is 1. The molecule has 2 fully saturated rings. The van der Waals surface area contributed by atoms with Gasteiger partial charge in [-0.15, -0.1) is 0 Å². The van der Waals surface area contributed by atoms with Gasteiger partial charge in [0.25, 0.3) is 0 Å². The van der Waals surface area contributed by atoms with Gasteiger partial charge in [0.2, 0.25) is 17.7 Å². The Balaban J connectivity index is 1.35. The van der Waals surface area contributed by atoms with Gasteiger partial charge in [0.1, 0.15) is 0 Å². The average molecular weight is 441 g/mol. The normalized spacial score (nSPS) is 19.0. The third-order valence-corrected chi connectivity index (χ3v) is 5.97. The van der Waals surface area contributed by atoms with Crippen LogP contribution in [0.1, 0.15) is 13.3 Å². The van der Waals surface area contributed by atoms with E-state index >= 15 is 0 Å². The number of anilines is 3. The standard InChI is InChI=1S/C23H25ClN4O3/c1-16(29)25-19-5-7-20(8-6-19)28-15-17(13-22(28)30)23(31)27-11-9-26(10-12-27)21-4-2-3-18(24)14-21/h2-8,14,17H,9-13,15H2,1H3,(H,25,29). The zero-order valence-electron chi connectivity index (χ0n) is 17.4. The molecule has 8 heteroatoms. The third-order valence-electron chi connectivity index (χ3n) is 5.74. The molecule has 2 aliphatic rings. The molecule has 0 bridgehead atoms. The number of hydrogen-bond donors (Lipinski definition) is 1. The Hall–Kier alpha value is -3.06. The van der Waals surface area contributed by atoms with Crippen LogP contribution >= 0.6 is 11.6 Å². The Morgan fingerprint density at radius 1 is 1.00 bits per heavy atom. The van der Waals surface area contributed by atoms with Gasteiger partial charge in [-0.3, -0.25) is 14.4 Å². The van der Waals surface area contributed by atoms with Crippen molar-refractivity contribution in [1.82, 2.24) is 4.90 Å². The van der Waals surface area contributed by atoms with Crippen LogP contribution in [0.25, 0.3) is 0 Å². The van der Waals surface area contributed by atoms with Crippen LogP contribution in [0.15, 0.2) is 48.5 Å². The highest BCUT2D eigenvalue weighted by Crippen LogP contribution is 2.28. The zero-order valence-corrected chi connectivity index (χ0v) is 18.1. The van der Waals surface area contributed by atoms with Crippen LogP contribution in [0.4, 0.5) is 17.1 Å². The fourth-order valence-corrected chi connectivity index (χ4v) is 4.35. The van der Waals surface area contributed by atoms with Crippen molar-refractivity contribution >= 4 is 46.4 Å². The van der Waals surface area contributed by atoms with E-state index in [2.05, 4.69) is 10.2 Å². The van der Waals surface area contributed by atoms with Crippen LogP contribution < -0.4 is 15.1 Å². The summed E-state index contributed by atoms with van der Waals surface area (Å²) < 4.78 is 0. The predicted octanol–water partition coefficient (Wildman–Crippen LogP) is 3.00. The summed E-state index contributed by atoms with van der Waals surface area (Å²) in [7, 11) is 0. The monoisotopic (exact) mass is 440 g/mol. The molecule has 0 aromatic heterocycles. The highest BCUT2D eigenvalue weighted by Gasteiger charge is 2.38. The SMILES string of the molecule is CC(=O)Nc1ccc(N2CC(C(=O)N3CCN(c4cccc(Cl)c4)CC3)CC2=O)cc1. The molecule has 7 nitrogen and oxygen atoms in total. The second kappa shape index (κ2) is 8.98. The number of nitrogens with zero attached hydrogens (tertiary/aromatic N) is 3. The van der Waals surface area contributed by atoms with Gasteiger partial charge in [0.15, 0.2) is 0 Å². The van der Waals surface area contributed by atoms with Crippen LogP contribution in [-0.4, -0.2) is 55.3 Å². The maximum atomic E-state index is 13.1. The molecule has 2 aromatic rings. The van der Waals surface area contributed by atoms with Crippen LogP contribution in [0.2, 0.25) is 5.02 Å². The lowest BCUT2D eigenvalue weighted by Crippen LogP contribution is -2.50. The van der Waals surface area contributed by atoms with E-state index in [1.807, 2.05) is 29.2 Å². The Labute approximate surface area is 186 Å². The van der Waals surface area contributed by atoms with E-state index in [1.165, 1.54) is 6.92 Å². The van der Waals surface area contributed by atoms with Crippen molar-refractivity contribution in [1.29, 1.82) is 0 Å². The smallest absolute Gasteiger partial charge is 0.228 e. The predicted molar refractivity (Wildman–Crippen MR) is 121 cm³/mol. The van der Waals surface area contributed by atoms with Crippen molar-refractivity contribution in [2.45, 2.75) is 13.3 Å². The van der Waals surface area contributed by atoms with Gasteiger partial charge in [-0.1, -0.05) is 17.7 Å². The maximum absolute atomic E-state index is 13.1. The molecule has 2 aromatic carbocycles. The molecule has 2 saturated heterocycles. The molecule has 162 valence electrons. The van der Waals surface area contributed by atoms with E-state index in [0.29, 0.717) is 30.3 Å². The minimum absolute atomic E-state index is 0.0384. The lowest BCUT2D eigenvalue weighted by Gasteiger charge is -2.37. The topological polar surface area (TPSA) is 73.0 Å². The van der Waals surface area contributed by atoms with Crippen molar-refractivity contribution in [2.24, 2.45) is 5.92 Å².